The van der Waals surface area contributed by atoms with Gasteiger partial charge in [-0.05, 0) is 42.5 Å². The molecule has 0 aliphatic heterocycles. The highest BCUT2D eigenvalue weighted by molar-refractivity contribution is 7.71. The van der Waals surface area contributed by atoms with Crippen molar-refractivity contribution in [2.24, 2.45) is 0 Å². The van der Waals surface area contributed by atoms with E-state index in [1.54, 1.807) is 22.7 Å². The molecule has 2 heterocycles. The van der Waals surface area contributed by atoms with Crippen molar-refractivity contribution in [3.8, 4) is 5.75 Å². The molecule has 0 aliphatic rings. The summed E-state index contributed by atoms with van der Waals surface area (Å²) in [4.78, 5) is 8.96. The van der Waals surface area contributed by atoms with E-state index in [1.165, 1.54) is 0 Å². The van der Waals surface area contributed by atoms with Gasteiger partial charge in [-0.1, -0.05) is 35.3 Å². The summed E-state index contributed by atoms with van der Waals surface area (Å²) in [5.41, 5.74) is 1.52. The Morgan fingerprint density at radius 2 is 1.96 bits per heavy atom. The van der Waals surface area contributed by atoms with Crippen LogP contribution in [0.4, 0.5) is 0 Å². The lowest BCUT2D eigenvalue weighted by Crippen LogP contribution is -1.99. The van der Waals surface area contributed by atoms with Crippen molar-refractivity contribution in [3.05, 3.63) is 63.1 Å². The average Bonchev–Trinajstić information content (AvgIpc) is 2.99. The molecule has 0 radical (unpaired) electrons. The van der Waals surface area contributed by atoms with E-state index in [4.69, 9.17) is 40.2 Å². The largest absolute Gasteiger partial charge is 0.484 e. The van der Waals surface area contributed by atoms with Crippen LogP contribution < -0.4 is 4.74 Å². The van der Waals surface area contributed by atoms with Crippen LogP contribution in [0.2, 0.25) is 10.0 Å². The lowest BCUT2D eigenvalue weighted by atomic mass is 10.2. The molecule has 0 unspecified atom stereocenters. The van der Waals surface area contributed by atoms with E-state index in [0.717, 1.165) is 10.9 Å². The van der Waals surface area contributed by atoms with Crippen LogP contribution >= 0.6 is 35.4 Å². The summed E-state index contributed by atoms with van der Waals surface area (Å²) in [6.07, 6.45) is 0. The number of halogens is 2. The van der Waals surface area contributed by atoms with Crippen LogP contribution in [-0.4, -0.2) is 19.6 Å². The first kappa shape index (κ1) is 15.4. The summed E-state index contributed by atoms with van der Waals surface area (Å²) < 4.78 is 7.78. The van der Waals surface area contributed by atoms with Crippen molar-refractivity contribution in [1.82, 2.24) is 19.6 Å². The van der Waals surface area contributed by atoms with E-state index in [2.05, 4.69) is 15.1 Å². The zero-order chi connectivity index (χ0) is 16.7. The minimum Gasteiger partial charge on any atom is -0.484 e. The van der Waals surface area contributed by atoms with Crippen molar-refractivity contribution < 1.29 is 4.74 Å². The average molecular weight is 377 g/mol. The minimum atomic E-state index is 0.214. The SMILES string of the molecule is S=c1nc2ccccc2c2nc(COc3ccc(Cl)cc3Cl)[nH]n12. The van der Waals surface area contributed by atoms with E-state index in [9.17, 15) is 0 Å². The molecule has 24 heavy (non-hydrogen) atoms. The van der Waals surface area contributed by atoms with Gasteiger partial charge in [0.25, 0.3) is 0 Å². The number of hydrogen-bond donors (Lipinski definition) is 1. The number of fused-ring (bicyclic) bond motifs is 3. The van der Waals surface area contributed by atoms with Gasteiger partial charge in [0.2, 0.25) is 4.77 Å². The van der Waals surface area contributed by atoms with Gasteiger partial charge in [0, 0.05) is 10.4 Å². The van der Waals surface area contributed by atoms with Gasteiger partial charge in [0.1, 0.15) is 12.4 Å². The molecule has 8 heteroatoms. The predicted octanol–water partition coefficient (Wildman–Crippen LogP) is 4.83. The molecular formula is C16H10Cl2N4OS. The summed E-state index contributed by atoms with van der Waals surface area (Å²) in [6.45, 7) is 0.214. The Labute approximate surface area is 151 Å². The molecule has 5 nitrogen and oxygen atoms in total. The number of benzene rings is 2. The number of H-pyrrole nitrogens is 1. The highest BCUT2D eigenvalue weighted by Gasteiger charge is 2.10. The highest BCUT2D eigenvalue weighted by Crippen LogP contribution is 2.28. The number of rotatable bonds is 3. The lowest BCUT2D eigenvalue weighted by molar-refractivity contribution is 0.296. The fourth-order valence-corrected chi connectivity index (χ4v) is 3.11. The van der Waals surface area contributed by atoms with E-state index >= 15 is 0 Å². The molecule has 120 valence electrons. The number of nitrogens with zero attached hydrogens (tertiary/aromatic N) is 3. The van der Waals surface area contributed by atoms with Gasteiger partial charge in [0.05, 0.1) is 10.5 Å². The second kappa shape index (κ2) is 6.05. The van der Waals surface area contributed by atoms with E-state index in [1.807, 2.05) is 24.3 Å². The maximum atomic E-state index is 6.11. The normalized spacial score (nSPS) is 11.2. The van der Waals surface area contributed by atoms with Gasteiger partial charge >= 0.3 is 0 Å². The topological polar surface area (TPSA) is 55.2 Å². The van der Waals surface area contributed by atoms with Gasteiger partial charge < -0.3 is 4.74 Å². The van der Waals surface area contributed by atoms with Crippen LogP contribution in [0.25, 0.3) is 16.6 Å². The van der Waals surface area contributed by atoms with Crippen molar-refractivity contribution in [1.29, 1.82) is 0 Å². The summed E-state index contributed by atoms with van der Waals surface area (Å²) >= 11 is 17.3. The highest BCUT2D eigenvalue weighted by atomic mass is 35.5. The first-order valence-electron chi connectivity index (χ1n) is 7.06. The molecule has 0 saturated heterocycles. The molecule has 0 amide bonds. The minimum absolute atomic E-state index is 0.214. The monoisotopic (exact) mass is 376 g/mol. The molecule has 4 aromatic rings. The Morgan fingerprint density at radius 1 is 1.12 bits per heavy atom. The molecular weight excluding hydrogens is 367 g/mol. The van der Waals surface area contributed by atoms with Crippen LogP contribution in [0.1, 0.15) is 5.82 Å². The summed E-state index contributed by atoms with van der Waals surface area (Å²) in [5, 5.41) is 5.02. The molecule has 2 aromatic heterocycles. The second-order valence-corrected chi connectivity index (χ2v) is 6.31. The predicted molar refractivity (Wildman–Crippen MR) is 96.5 cm³/mol. The molecule has 0 atom stereocenters. The molecule has 0 bridgehead atoms. The number of ether oxygens (including phenoxy) is 1. The van der Waals surface area contributed by atoms with Crippen LogP contribution in [0, 0.1) is 4.77 Å². The summed E-state index contributed by atoms with van der Waals surface area (Å²) in [7, 11) is 0. The Hall–Kier alpha value is -2.15. The molecule has 2 aromatic carbocycles. The molecule has 0 aliphatic carbocycles. The van der Waals surface area contributed by atoms with Gasteiger partial charge in [-0.2, -0.15) is 0 Å². The molecule has 4 rings (SSSR count). The number of aromatic amines is 1. The standard InChI is InChI=1S/C16H10Cl2N4OS/c17-9-5-6-13(11(18)7-9)23-8-14-20-15-10-3-1-2-4-12(10)19-16(24)22(15)21-14/h1-7H,8H2,(H,20,21). The maximum Gasteiger partial charge on any atom is 0.221 e. The fraction of sp³-hybridized carbons (Fsp3) is 0.0625. The quantitative estimate of drug-likeness (QED) is 0.520. The smallest absolute Gasteiger partial charge is 0.221 e. The van der Waals surface area contributed by atoms with Crippen LogP contribution in [0.3, 0.4) is 0 Å². The van der Waals surface area contributed by atoms with Crippen molar-refractivity contribution >= 4 is 52.0 Å². The Balaban J connectivity index is 1.71. The van der Waals surface area contributed by atoms with Crippen molar-refractivity contribution in [2.75, 3.05) is 0 Å². The Kier molecular flexibility index (Phi) is 3.88. The van der Waals surface area contributed by atoms with E-state index in [0.29, 0.717) is 32.0 Å². The zero-order valence-corrected chi connectivity index (χ0v) is 14.5. The third-order valence-corrected chi connectivity index (χ3v) is 4.31. The third kappa shape index (κ3) is 2.73. The van der Waals surface area contributed by atoms with Gasteiger partial charge in [0.15, 0.2) is 11.5 Å². The Bertz CT molecular complexity index is 1120. The van der Waals surface area contributed by atoms with Crippen LogP contribution in [-0.2, 0) is 6.61 Å². The number of aromatic nitrogens is 4. The first-order valence-corrected chi connectivity index (χ1v) is 8.22. The first-order chi connectivity index (χ1) is 11.6. The summed E-state index contributed by atoms with van der Waals surface area (Å²) in [5.74, 6) is 1.15. The number of nitrogens with one attached hydrogen (secondary N) is 1. The van der Waals surface area contributed by atoms with Crippen LogP contribution in [0.5, 0.6) is 5.75 Å². The maximum absolute atomic E-state index is 6.11. The van der Waals surface area contributed by atoms with Crippen molar-refractivity contribution in [2.45, 2.75) is 6.61 Å². The molecule has 0 saturated carbocycles. The third-order valence-electron chi connectivity index (χ3n) is 3.50. The van der Waals surface area contributed by atoms with E-state index < -0.39 is 0 Å². The molecule has 0 spiro atoms. The second-order valence-electron chi connectivity index (χ2n) is 5.10. The van der Waals surface area contributed by atoms with Gasteiger partial charge in [-0.15, -0.1) is 0 Å². The molecule has 0 fully saturated rings. The number of para-hydroxylation sites is 1. The lowest BCUT2D eigenvalue weighted by Gasteiger charge is -2.06. The van der Waals surface area contributed by atoms with E-state index in [-0.39, 0.29) is 6.61 Å². The fourth-order valence-electron chi connectivity index (χ4n) is 2.42. The van der Waals surface area contributed by atoms with Gasteiger partial charge in [-0.3, -0.25) is 5.10 Å². The summed E-state index contributed by atoms with van der Waals surface area (Å²) in [6, 6.07) is 12.8. The molecule has 1 N–H and O–H groups in total. The Morgan fingerprint density at radius 3 is 2.79 bits per heavy atom. The number of hydrogen-bond acceptors (Lipinski definition) is 4. The van der Waals surface area contributed by atoms with Crippen molar-refractivity contribution in [3.63, 3.8) is 0 Å². The van der Waals surface area contributed by atoms with Gasteiger partial charge in [-0.25, -0.2) is 14.5 Å². The van der Waals surface area contributed by atoms with Crippen LogP contribution in [0.15, 0.2) is 42.5 Å². The zero-order valence-electron chi connectivity index (χ0n) is 12.2.